The minimum atomic E-state index is -0.592. The van der Waals surface area contributed by atoms with E-state index < -0.39 is 23.4 Å². The molecule has 0 spiro atoms. The SMILES string of the molecule is CCC[C@@]1(O)CC[C@@]2(CC)c3ccc(C(=O)Nc4cccnc4C)cc3C(O)CC[C@H]2C1.CCC[C@]1(O)CC[C@]2(CC)c3ccc(C(=O)Nc4cccnc4C)cc3C(O)CC[C@@H]2C1. The fraction of sp³-hybridized carbons (Fsp3) is 0.556. The lowest BCUT2D eigenvalue weighted by Gasteiger charge is -2.50. The van der Waals surface area contributed by atoms with Crippen molar-refractivity contribution in [3.8, 4) is 0 Å². The number of aliphatic hydroxyl groups excluding tert-OH is 2. The number of benzene rings is 2. The Morgan fingerprint density at radius 2 is 1.02 bits per heavy atom. The van der Waals surface area contributed by atoms with Crippen LogP contribution in [0.3, 0.4) is 0 Å². The van der Waals surface area contributed by atoms with Gasteiger partial charge in [0.1, 0.15) is 0 Å². The van der Waals surface area contributed by atoms with Crippen molar-refractivity contribution in [1.29, 1.82) is 0 Å². The molecule has 2 heterocycles. The van der Waals surface area contributed by atoms with Crippen LogP contribution in [0.1, 0.15) is 197 Å². The molecule has 8 rings (SSSR count). The van der Waals surface area contributed by atoms with Crippen molar-refractivity contribution in [2.75, 3.05) is 10.6 Å². The summed E-state index contributed by atoms with van der Waals surface area (Å²) in [6, 6.07) is 19.0. The number of nitrogens with one attached hydrogen (secondary N) is 2. The van der Waals surface area contributed by atoms with Gasteiger partial charge < -0.3 is 31.1 Å². The molecule has 2 amide bonds. The standard InChI is InChI=1S/2C27H36N2O3/c2*1-4-12-26(32)13-14-27(5-2)20(17-26)9-11-24(30)21-16-19(8-10-22(21)27)25(31)29-23-7-6-15-28-18(23)3/h2*6-8,10,15-16,20,24,30,32H,4-5,9,11-14,17H2,1-3H3,(H,29,31)/t2*20-,24?,26+,27+/m10/s1. The van der Waals surface area contributed by atoms with Crippen LogP contribution in [-0.2, 0) is 10.8 Å². The zero-order valence-corrected chi connectivity index (χ0v) is 39.1. The maximum absolute atomic E-state index is 13.0. The molecule has 10 heteroatoms. The van der Waals surface area contributed by atoms with Crippen molar-refractivity contribution in [2.45, 2.75) is 179 Å². The highest BCUT2D eigenvalue weighted by atomic mass is 16.3. The van der Waals surface area contributed by atoms with Crippen LogP contribution in [0.15, 0.2) is 73.1 Å². The van der Waals surface area contributed by atoms with Gasteiger partial charge in [-0.2, -0.15) is 0 Å². The Balaban J connectivity index is 0.000000191. The number of amides is 2. The number of rotatable bonds is 10. The van der Waals surface area contributed by atoms with Crippen molar-refractivity contribution in [3.63, 3.8) is 0 Å². The highest BCUT2D eigenvalue weighted by Crippen LogP contribution is 2.57. The molecular weight excluding hydrogens is 801 g/mol. The number of hydrogen-bond donors (Lipinski definition) is 6. The second kappa shape index (κ2) is 19.5. The first kappa shape index (κ1) is 47.5. The predicted octanol–water partition coefficient (Wildman–Crippen LogP) is 10.9. The molecule has 2 aromatic carbocycles. The number of aliphatic hydroxyl groups is 4. The van der Waals surface area contributed by atoms with Gasteiger partial charge in [0.2, 0.25) is 0 Å². The maximum atomic E-state index is 13.0. The lowest BCUT2D eigenvalue weighted by molar-refractivity contribution is -0.0552. The average Bonchev–Trinajstić information content (AvgIpc) is 3.48. The van der Waals surface area contributed by atoms with Crippen LogP contribution < -0.4 is 10.6 Å². The molecule has 4 aliphatic rings. The van der Waals surface area contributed by atoms with E-state index in [4.69, 9.17) is 0 Å². The van der Waals surface area contributed by atoms with Crippen molar-refractivity contribution < 1.29 is 30.0 Å². The fourth-order valence-electron chi connectivity index (χ4n) is 12.5. The second-order valence-electron chi connectivity index (χ2n) is 19.7. The quantitative estimate of drug-likeness (QED) is 0.0916. The van der Waals surface area contributed by atoms with E-state index in [1.807, 2.05) is 50.2 Å². The van der Waals surface area contributed by atoms with Gasteiger partial charge in [0.25, 0.3) is 11.8 Å². The Hall–Kier alpha value is -4.48. The largest absolute Gasteiger partial charge is 0.390 e. The summed E-state index contributed by atoms with van der Waals surface area (Å²) >= 11 is 0. The summed E-state index contributed by atoms with van der Waals surface area (Å²) in [6.45, 7) is 12.4. The van der Waals surface area contributed by atoms with E-state index in [1.54, 1.807) is 24.5 Å². The molecule has 2 saturated carbocycles. The number of aromatic nitrogens is 2. The van der Waals surface area contributed by atoms with Gasteiger partial charge >= 0.3 is 0 Å². The third-order valence-electron chi connectivity index (χ3n) is 16.1. The van der Waals surface area contributed by atoms with Gasteiger partial charge in [0, 0.05) is 23.5 Å². The van der Waals surface area contributed by atoms with Gasteiger partial charge in [-0.1, -0.05) is 52.7 Å². The van der Waals surface area contributed by atoms with Crippen LogP contribution in [0.5, 0.6) is 0 Å². The van der Waals surface area contributed by atoms with Gasteiger partial charge in [0.05, 0.1) is 46.2 Å². The van der Waals surface area contributed by atoms with E-state index in [9.17, 15) is 30.0 Å². The Morgan fingerprint density at radius 3 is 1.38 bits per heavy atom. The Bertz CT molecular complexity index is 2140. The molecule has 0 radical (unpaired) electrons. The summed E-state index contributed by atoms with van der Waals surface area (Å²) in [4.78, 5) is 34.4. The van der Waals surface area contributed by atoms with Crippen molar-refractivity contribution in [2.24, 2.45) is 11.8 Å². The molecule has 10 nitrogen and oxygen atoms in total. The molecule has 2 aromatic heterocycles. The number of fused-ring (bicyclic) bond motifs is 6. The number of pyridine rings is 2. The molecular formula is C54H72N4O6. The fourth-order valence-corrected chi connectivity index (χ4v) is 12.5. The van der Waals surface area contributed by atoms with Crippen LogP contribution in [0.4, 0.5) is 11.4 Å². The molecule has 64 heavy (non-hydrogen) atoms. The molecule has 8 atom stereocenters. The first-order valence-corrected chi connectivity index (χ1v) is 24.2. The highest BCUT2D eigenvalue weighted by Gasteiger charge is 2.52. The number of nitrogens with zero attached hydrogens (tertiary/aromatic N) is 2. The molecule has 2 fully saturated rings. The minimum Gasteiger partial charge on any atom is -0.390 e. The lowest BCUT2D eigenvalue weighted by Crippen LogP contribution is -2.47. The van der Waals surface area contributed by atoms with Crippen molar-refractivity contribution in [3.05, 3.63) is 118 Å². The molecule has 0 aliphatic heterocycles. The summed E-state index contributed by atoms with van der Waals surface area (Å²) < 4.78 is 0. The summed E-state index contributed by atoms with van der Waals surface area (Å²) in [5, 5.41) is 50.4. The number of aryl methyl sites for hydroxylation is 2. The Morgan fingerprint density at radius 1 is 0.609 bits per heavy atom. The van der Waals surface area contributed by atoms with Gasteiger partial charge in [0.15, 0.2) is 0 Å². The molecule has 4 aliphatic carbocycles. The maximum Gasteiger partial charge on any atom is 0.255 e. The number of carbonyl (C=O) groups is 2. The topological polar surface area (TPSA) is 165 Å². The lowest BCUT2D eigenvalue weighted by atomic mass is 9.56. The highest BCUT2D eigenvalue weighted by molar-refractivity contribution is 6.05. The van der Waals surface area contributed by atoms with Crippen LogP contribution in [0, 0.1) is 25.7 Å². The monoisotopic (exact) mass is 873 g/mol. The summed E-state index contributed by atoms with van der Waals surface area (Å²) in [6.07, 6.45) is 15.9. The molecule has 4 aromatic rings. The molecule has 2 unspecified atom stereocenters. The first-order chi connectivity index (χ1) is 30.6. The predicted molar refractivity (Wildman–Crippen MR) is 253 cm³/mol. The minimum absolute atomic E-state index is 0.0538. The average molecular weight is 873 g/mol. The van der Waals surface area contributed by atoms with E-state index in [-0.39, 0.29) is 22.6 Å². The van der Waals surface area contributed by atoms with Crippen molar-refractivity contribution >= 4 is 23.2 Å². The van der Waals surface area contributed by atoms with Gasteiger partial charge in [-0.15, -0.1) is 0 Å². The summed E-state index contributed by atoms with van der Waals surface area (Å²) in [5.74, 6) is 0.296. The summed E-state index contributed by atoms with van der Waals surface area (Å²) in [7, 11) is 0. The van der Waals surface area contributed by atoms with E-state index >= 15 is 0 Å². The van der Waals surface area contributed by atoms with E-state index in [0.29, 0.717) is 47.2 Å². The third-order valence-corrected chi connectivity index (χ3v) is 16.1. The van der Waals surface area contributed by atoms with E-state index in [1.165, 1.54) is 11.1 Å². The van der Waals surface area contributed by atoms with Gasteiger partial charge in [-0.25, -0.2) is 0 Å². The second-order valence-corrected chi connectivity index (χ2v) is 19.7. The molecule has 0 saturated heterocycles. The Labute approximate surface area is 380 Å². The zero-order chi connectivity index (χ0) is 45.9. The third kappa shape index (κ3) is 9.44. The van der Waals surface area contributed by atoms with E-state index in [0.717, 1.165) is 112 Å². The van der Waals surface area contributed by atoms with Gasteiger partial charge in [-0.3, -0.25) is 19.6 Å². The van der Waals surface area contributed by atoms with Crippen LogP contribution in [0.2, 0.25) is 0 Å². The normalized spacial score (nSPS) is 29.5. The number of anilines is 2. The zero-order valence-electron chi connectivity index (χ0n) is 39.1. The molecule has 6 N–H and O–H groups in total. The number of carbonyl (C=O) groups excluding carboxylic acids is 2. The van der Waals surface area contributed by atoms with Crippen molar-refractivity contribution in [1.82, 2.24) is 9.97 Å². The van der Waals surface area contributed by atoms with Crippen LogP contribution in [-0.4, -0.2) is 53.4 Å². The molecule has 344 valence electrons. The van der Waals surface area contributed by atoms with Crippen LogP contribution >= 0.6 is 0 Å². The summed E-state index contributed by atoms with van der Waals surface area (Å²) in [5.41, 5.74) is 6.84. The molecule has 0 bridgehead atoms. The first-order valence-electron chi connectivity index (χ1n) is 24.2. The van der Waals surface area contributed by atoms with Gasteiger partial charge in [-0.05, 0) is 197 Å². The number of hydrogen-bond acceptors (Lipinski definition) is 8. The Kier molecular flexibility index (Phi) is 14.5. The van der Waals surface area contributed by atoms with E-state index in [2.05, 4.69) is 60.4 Å². The smallest absolute Gasteiger partial charge is 0.255 e. The van der Waals surface area contributed by atoms with Crippen LogP contribution in [0.25, 0.3) is 0 Å².